The monoisotopic (exact) mass is 508 g/mol. The third kappa shape index (κ3) is 6.08. The Morgan fingerprint density at radius 3 is 2.08 bits per heavy atom. The molecule has 6 nitrogen and oxygen atoms in total. The summed E-state index contributed by atoms with van der Waals surface area (Å²) in [6.45, 7) is 11.6. The number of amides is 1. The average molecular weight is 509 g/mol. The third-order valence-corrected chi connectivity index (χ3v) is 7.99. The predicted molar refractivity (Wildman–Crippen MR) is 145 cm³/mol. The normalized spacial score (nSPS) is 12.3. The van der Waals surface area contributed by atoms with E-state index in [1.165, 1.54) is 4.31 Å². The average Bonchev–Trinajstić information content (AvgIpc) is 2.81. The molecule has 7 heteroatoms. The van der Waals surface area contributed by atoms with Crippen LogP contribution in [0.2, 0.25) is 0 Å². The second kappa shape index (κ2) is 11.2. The molecule has 0 aliphatic heterocycles. The highest BCUT2D eigenvalue weighted by molar-refractivity contribution is 7.92. The summed E-state index contributed by atoms with van der Waals surface area (Å²) in [4.78, 5) is 13.4. The van der Waals surface area contributed by atoms with E-state index < -0.39 is 10.0 Å². The van der Waals surface area contributed by atoms with Gasteiger partial charge in [0, 0.05) is 0 Å². The van der Waals surface area contributed by atoms with E-state index in [4.69, 9.17) is 4.74 Å². The van der Waals surface area contributed by atoms with Crippen LogP contribution in [0.5, 0.6) is 5.75 Å². The lowest BCUT2D eigenvalue weighted by atomic mass is 9.93. The third-order valence-electron chi connectivity index (χ3n) is 6.20. The van der Waals surface area contributed by atoms with Crippen molar-refractivity contribution in [2.75, 3.05) is 18.0 Å². The summed E-state index contributed by atoms with van der Waals surface area (Å²) in [5, 5.41) is 3.01. The van der Waals surface area contributed by atoms with E-state index in [1.54, 1.807) is 49.6 Å². The SMILES string of the molecule is COc1cc(C)c(C(C)NC(=O)CN(c2cc(C)cc(C)c2)S(=O)(=O)c2ccccc2)cc1C(C)C. The molecule has 0 fully saturated rings. The number of anilines is 1. The van der Waals surface area contributed by atoms with Crippen LogP contribution in [0, 0.1) is 20.8 Å². The number of hydrogen-bond donors (Lipinski definition) is 1. The number of nitrogens with zero attached hydrogens (tertiary/aromatic N) is 1. The van der Waals surface area contributed by atoms with Crippen LogP contribution in [-0.4, -0.2) is 28.0 Å². The maximum atomic E-state index is 13.6. The Morgan fingerprint density at radius 1 is 0.917 bits per heavy atom. The molecule has 0 bridgehead atoms. The van der Waals surface area contributed by atoms with E-state index in [-0.39, 0.29) is 29.3 Å². The number of nitrogens with one attached hydrogen (secondary N) is 1. The van der Waals surface area contributed by atoms with Crippen LogP contribution >= 0.6 is 0 Å². The zero-order chi connectivity index (χ0) is 26.6. The summed E-state index contributed by atoms with van der Waals surface area (Å²) in [6, 6.07) is 17.5. The van der Waals surface area contributed by atoms with Crippen LogP contribution in [0.1, 0.15) is 60.5 Å². The topological polar surface area (TPSA) is 75.7 Å². The van der Waals surface area contributed by atoms with Crippen LogP contribution < -0.4 is 14.4 Å². The van der Waals surface area contributed by atoms with E-state index in [0.29, 0.717) is 5.69 Å². The first kappa shape index (κ1) is 27.3. The quantitative estimate of drug-likeness (QED) is 0.395. The van der Waals surface area contributed by atoms with Gasteiger partial charge in [-0.15, -0.1) is 0 Å². The first-order valence-electron chi connectivity index (χ1n) is 12.1. The molecule has 0 heterocycles. The van der Waals surface area contributed by atoms with Gasteiger partial charge in [-0.05, 0) is 97.8 Å². The summed E-state index contributed by atoms with van der Waals surface area (Å²) >= 11 is 0. The minimum Gasteiger partial charge on any atom is -0.496 e. The van der Waals surface area contributed by atoms with Gasteiger partial charge in [-0.3, -0.25) is 9.10 Å². The first-order valence-corrected chi connectivity index (χ1v) is 13.5. The van der Waals surface area contributed by atoms with E-state index in [0.717, 1.165) is 33.6 Å². The highest BCUT2D eigenvalue weighted by Crippen LogP contribution is 2.32. The number of methoxy groups -OCH3 is 1. The molecule has 0 saturated carbocycles. The summed E-state index contributed by atoms with van der Waals surface area (Å²) in [5.74, 6) is 0.681. The lowest BCUT2D eigenvalue weighted by molar-refractivity contribution is -0.120. The molecule has 192 valence electrons. The minimum atomic E-state index is -3.96. The highest BCUT2D eigenvalue weighted by Gasteiger charge is 2.28. The molecule has 0 spiro atoms. The smallest absolute Gasteiger partial charge is 0.264 e. The molecule has 1 amide bonds. The van der Waals surface area contributed by atoms with Crippen LogP contribution in [-0.2, 0) is 14.8 Å². The molecule has 3 aromatic rings. The minimum absolute atomic E-state index is 0.137. The molecular weight excluding hydrogens is 472 g/mol. The molecule has 3 rings (SSSR count). The first-order chi connectivity index (χ1) is 16.9. The van der Waals surface area contributed by atoms with Crippen molar-refractivity contribution in [1.82, 2.24) is 5.32 Å². The second-order valence-electron chi connectivity index (χ2n) is 9.57. The number of aryl methyl sites for hydroxylation is 3. The molecule has 0 aromatic heterocycles. The Morgan fingerprint density at radius 2 is 1.53 bits per heavy atom. The van der Waals surface area contributed by atoms with Crippen LogP contribution in [0.3, 0.4) is 0 Å². The van der Waals surface area contributed by atoms with Crippen molar-refractivity contribution in [3.05, 3.63) is 88.5 Å². The molecule has 0 aliphatic rings. The predicted octanol–water partition coefficient (Wildman–Crippen LogP) is 5.82. The number of ether oxygens (including phenoxy) is 1. The maximum absolute atomic E-state index is 13.6. The van der Waals surface area contributed by atoms with Gasteiger partial charge in [0.15, 0.2) is 0 Å². The van der Waals surface area contributed by atoms with Gasteiger partial charge in [-0.1, -0.05) is 38.1 Å². The van der Waals surface area contributed by atoms with Crippen molar-refractivity contribution >= 4 is 21.6 Å². The Bertz CT molecular complexity index is 1310. The molecule has 1 atom stereocenters. The Hall–Kier alpha value is -3.32. The van der Waals surface area contributed by atoms with Gasteiger partial charge in [-0.2, -0.15) is 0 Å². The molecule has 0 aliphatic carbocycles. The Balaban J connectivity index is 1.94. The van der Waals surface area contributed by atoms with E-state index in [1.807, 2.05) is 39.8 Å². The fourth-order valence-corrected chi connectivity index (χ4v) is 5.86. The lowest BCUT2D eigenvalue weighted by Gasteiger charge is -2.26. The number of rotatable bonds is 9. The van der Waals surface area contributed by atoms with Crippen molar-refractivity contribution in [2.45, 2.75) is 58.4 Å². The molecule has 36 heavy (non-hydrogen) atoms. The zero-order valence-electron chi connectivity index (χ0n) is 22.1. The Labute approximate surface area is 215 Å². The number of carbonyl (C=O) groups excluding carboxylic acids is 1. The van der Waals surface area contributed by atoms with E-state index >= 15 is 0 Å². The maximum Gasteiger partial charge on any atom is 0.264 e. The lowest BCUT2D eigenvalue weighted by Crippen LogP contribution is -2.41. The fourth-order valence-electron chi connectivity index (χ4n) is 4.43. The van der Waals surface area contributed by atoms with Gasteiger partial charge in [0.05, 0.1) is 23.7 Å². The van der Waals surface area contributed by atoms with Crippen LogP contribution in [0.15, 0.2) is 65.6 Å². The highest BCUT2D eigenvalue weighted by atomic mass is 32.2. The van der Waals surface area contributed by atoms with Crippen LogP contribution in [0.4, 0.5) is 5.69 Å². The summed E-state index contributed by atoms with van der Waals surface area (Å²) in [7, 11) is -2.31. The van der Waals surface area contributed by atoms with E-state index in [9.17, 15) is 13.2 Å². The van der Waals surface area contributed by atoms with Gasteiger partial charge in [0.2, 0.25) is 5.91 Å². The zero-order valence-corrected chi connectivity index (χ0v) is 22.9. The number of hydrogen-bond acceptors (Lipinski definition) is 4. The van der Waals surface area contributed by atoms with Crippen molar-refractivity contribution in [1.29, 1.82) is 0 Å². The van der Waals surface area contributed by atoms with Gasteiger partial charge >= 0.3 is 0 Å². The summed E-state index contributed by atoms with van der Waals surface area (Å²) in [6.07, 6.45) is 0. The standard InChI is InChI=1S/C29H36N2O4S/c1-19(2)26-17-27(22(5)16-28(26)35-7)23(6)30-29(32)18-31(24-14-20(3)13-21(4)15-24)36(33,34)25-11-9-8-10-12-25/h8-17,19,23H,18H2,1-7H3,(H,30,32). The van der Waals surface area contributed by atoms with Crippen molar-refractivity contribution in [2.24, 2.45) is 0 Å². The Kier molecular flexibility index (Phi) is 8.46. The van der Waals surface area contributed by atoms with Gasteiger partial charge < -0.3 is 10.1 Å². The number of carbonyl (C=O) groups is 1. The van der Waals surface area contributed by atoms with Crippen molar-refractivity contribution in [3.63, 3.8) is 0 Å². The van der Waals surface area contributed by atoms with Gasteiger partial charge in [-0.25, -0.2) is 8.42 Å². The largest absolute Gasteiger partial charge is 0.496 e. The van der Waals surface area contributed by atoms with Crippen molar-refractivity contribution in [3.8, 4) is 5.75 Å². The van der Waals surface area contributed by atoms with Gasteiger partial charge in [0.25, 0.3) is 10.0 Å². The molecule has 3 aromatic carbocycles. The summed E-state index contributed by atoms with van der Waals surface area (Å²) < 4.78 is 34.0. The summed E-state index contributed by atoms with van der Waals surface area (Å²) in [5.41, 5.74) is 5.32. The molecule has 0 saturated heterocycles. The molecule has 0 radical (unpaired) electrons. The van der Waals surface area contributed by atoms with Gasteiger partial charge in [0.1, 0.15) is 12.3 Å². The fraction of sp³-hybridized carbons (Fsp3) is 0.345. The number of benzene rings is 3. The molecule has 1 unspecified atom stereocenters. The molecular formula is C29H36N2O4S. The number of sulfonamides is 1. The second-order valence-corrected chi connectivity index (χ2v) is 11.4. The van der Waals surface area contributed by atoms with Crippen LogP contribution in [0.25, 0.3) is 0 Å². The van der Waals surface area contributed by atoms with Crippen molar-refractivity contribution < 1.29 is 17.9 Å². The van der Waals surface area contributed by atoms with E-state index in [2.05, 4.69) is 25.2 Å². The molecule has 1 N–H and O–H groups in total.